The van der Waals surface area contributed by atoms with Crippen molar-refractivity contribution in [3.8, 4) is 11.3 Å². The summed E-state index contributed by atoms with van der Waals surface area (Å²) in [6.45, 7) is 3.45. The number of likely N-dealkylation sites (N-methyl/N-ethyl adjacent to an activating group) is 1. The van der Waals surface area contributed by atoms with Gasteiger partial charge in [0.25, 0.3) is 5.91 Å². The van der Waals surface area contributed by atoms with Crippen LogP contribution in [0.2, 0.25) is 0 Å². The molecule has 1 aliphatic heterocycles. The lowest BCUT2D eigenvalue weighted by Crippen LogP contribution is -2.45. The molecule has 3 heterocycles. The average Bonchev–Trinajstić information content (AvgIpc) is 2.80. The summed E-state index contributed by atoms with van der Waals surface area (Å²) in [6.07, 6.45) is 2.84. The fourth-order valence-electron chi connectivity index (χ4n) is 3.25. The molecule has 31 heavy (non-hydrogen) atoms. The van der Waals surface area contributed by atoms with E-state index in [1.807, 2.05) is 30.3 Å². The molecule has 1 fully saturated rings. The summed E-state index contributed by atoms with van der Waals surface area (Å²) in [5.74, 6) is -0.134. The maximum Gasteiger partial charge on any atom is 0.311 e. The van der Waals surface area contributed by atoms with E-state index in [4.69, 9.17) is 0 Å². The molecular formula is C21H21N7O3. The standard InChI is InChI=1S/C21H21N7O3/c1-26-9-11-27(12-10-26)21-22-13-16(14-23-21)20(29)25-19-18(28(30)31)8-7-17(24-19)15-5-3-2-4-6-15/h2-8,13-14H,9-12H2,1H3,(H,24,25,29). The van der Waals surface area contributed by atoms with Gasteiger partial charge in [-0.15, -0.1) is 0 Å². The first-order valence-corrected chi connectivity index (χ1v) is 9.79. The Morgan fingerprint density at radius 3 is 2.35 bits per heavy atom. The molecular weight excluding hydrogens is 398 g/mol. The Morgan fingerprint density at radius 2 is 1.71 bits per heavy atom. The number of carbonyl (C=O) groups excluding carboxylic acids is 1. The van der Waals surface area contributed by atoms with Crippen LogP contribution in [0.15, 0.2) is 54.9 Å². The molecule has 0 spiro atoms. The third-order valence-corrected chi connectivity index (χ3v) is 5.06. The monoisotopic (exact) mass is 419 g/mol. The third-order valence-electron chi connectivity index (χ3n) is 5.06. The third kappa shape index (κ3) is 4.64. The molecule has 1 aliphatic rings. The second kappa shape index (κ2) is 8.84. The van der Waals surface area contributed by atoms with Crippen molar-refractivity contribution < 1.29 is 9.72 Å². The van der Waals surface area contributed by atoms with Crippen molar-refractivity contribution in [1.29, 1.82) is 0 Å². The Morgan fingerprint density at radius 1 is 1.03 bits per heavy atom. The summed E-state index contributed by atoms with van der Waals surface area (Å²) in [5.41, 5.74) is 1.21. The maximum absolute atomic E-state index is 12.7. The lowest BCUT2D eigenvalue weighted by atomic mass is 10.1. The number of hydrogen-bond acceptors (Lipinski definition) is 8. The number of amides is 1. The quantitative estimate of drug-likeness (QED) is 0.495. The first-order chi connectivity index (χ1) is 15.0. The minimum absolute atomic E-state index is 0.125. The number of carbonyl (C=O) groups is 1. The van der Waals surface area contributed by atoms with E-state index >= 15 is 0 Å². The van der Waals surface area contributed by atoms with E-state index in [9.17, 15) is 14.9 Å². The van der Waals surface area contributed by atoms with E-state index in [0.717, 1.165) is 31.7 Å². The van der Waals surface area contributed by atoms with Crippen LogP contribution in [0.25, 0.3) is 11.3 Å². The molecule has 0 atom stereocenters. The van der Waals surface area contributed by atoms with Crippen molar-refractivity contribution in [2.24, 2.45) is 0 Å². The molecule has 158 valence electrons. The molecule has 2 aromatic heterocycles. The zero-order valence-electron chi connectivity index (χ0n) is 16.9. The van der Waals surface area contributed by atoms with Crippen LogP contribution in [0.1, 0.15) is 10.4 Å². The molecule has 10 heteroatoms. The number of piperazine rings is 1. The Hall–Kier alpha value is -3.92. The number of nitro groups is 1. The van der Waals surface area contributed by atoms with E-state index in [1.54, 1.807) is 6.07 Å². The second-order valence-corrected chi connectivity index (χ2v) is 7.20. The Kier molecular flexibility index (Phi) is 5.80. The zero-order valence-corrected chi connectivity index (χ0v) is 16.9. The number of benzene rings is 1. The lowest BCUT2D eigenvalue weighted by Gasteiger charge is -2.32. The number of hydrogen-bond donors (Lipinski definition) is 1. The van der Waals surface area contributed by atoms with Crippen LogP contribution < -0.4 is 10.2 Å². The van der Waals surface area contributed by atoms with Gasteiger partial charge in [-0.1, -0.05) is 30.3 Å². The number of anilines is 2. The van der Waals surface area contributed by atoms with Crippen molar-refractivity contribution in [3.63, 3.8) is 0 Å². The molecule has 10 nitrogen and oxygen atoms in total. The maximum atomic E-state index is 12.7. The van der Waals surface area contributed by atoms with Gasteiger partial charge in [0.15, 0.2) is 0 Å². The van der Waals surface area contributed by atoms with Crippen LogP contribution in [0.3, 0.4) is 0 Å². The summed E-state index contributed by atoms with van der Waals surface area (Å²) in [5, 5.41) is 13.9. The number of nitrogens with zero attached hydrogens (tertiary/aromatic N) is 6. The normalized spacial score (nSPS) is 14.3. The number of aromatic nitrogens is 3. The summed E-state index contributed by atoms with van der Waals surface area (Å²) < 4.78 is 0. The molecule has 1 N–H and O–H groups in total. The van der Waals surface area contributed by atoms with E-state index in [0.29, 0.717) is 11.6 Å². The molecule has 1 amide bonds. The molecule has 1 aromatic carbocycles. The molecule has 1 saturated heterocycles. The summed E-state index contributed by atoms with van der Waals surface area (Å²) in [7, 11) is 2.06. The van der Waals surface area contributed by atoms with Gasteiger partial charge < -0.3 is 15.1 Å². The van der Waals surface area contributed by atoms with Crippen LogP contribution in [-0.4, -0.2) is 63.9 Å². The number of rotatable bonds is 5. The van der Waals surface area contributed by atoms with E-state index in [2.05, 4.69) is 37.1 Å². The molecule has 0 saturated carbocycles. The lowest BCUT2D eigenvalue weighted by molar-refractivity contribution is -0.384. The Balaban J connectivity index is 1.54. The topological polar surface area (TPSA) is 117 Å². The first-order valence-electron chi connectivity index (χ1n) is 9.79. The van der Waals surface area contributed by atoms with E-state index < -0.39 is 10.8 Å². The predicted molar refractivity (Wildman–Crippen MR) is 116 cm³/mol. The molecule has 3 aromatic rings. The summed E-state index contributed by atoms with van der Waals surface area (Å²) in [6, 6.07) is 12.1. The molecule has 0 bridgehead atoms. The first kappa shape index (κ1) is 20.4. The smallest absolute Gasteiger partial charge is 0.311 e. The van der Waals surface area contributed by atoms with Crippen molar-refractivity contribution >= 4 is 23.4 Å². The van der Waals surface area contributed by atoms with Gasteiger partial charge in [-0.3, -0.25) is 14.9 Å². The SMILES string of the molecule is CN1CCN(c2ncc(C(=O)Nc3nc(-c4ccccc4)ccc3[N+](=O)[O-])cn2)CC1. The zero-order chi connectivity index (χ0) is 21.8. The fraction of sp³-hybridized carbons (Fsp3) is 0.238. The van der Waals surface area contributed by atoms with Crippen molar-refractivity contribution in [2.45, 2.75) is 0 Å². The van der Waals surface area contributed by atoms with Gasteiger partial charge in [0, 0.05) is 50.2 Å². The molecule has 0 aliphatic carbocycles. The second-order valence-electron chi connectivity index (χ2n) is 7.20. The van der Waals surface area contributed by atoms with E-state index in [-0.39, 0.29) is 17.1 Å². The minimum atomic E-state index is -0.579. The summed E-state index contributed by atoms with van der Waals surface area (Å²) >= 11 is 0. The summed E-state index contributed by atoms with van der Waals surface area (Å²) in [4.78, 5) is 40.7. The van der Waals surface area contributed by atoms with Crippen LogP contribution >= 0.6 is 0 Å². The largest absolute Gasteiger partial charge is 0.338 e. The van der Waals surface area contributed by atoms with Crippen LogP contribution in [0.4, 0.5) is 17.5 Å². The fourth-order valence-corrected chi connectivity index (χ4v) is 3.25. The van der Waals surface area contributed by atoms with Crippen molar-refractivity contribution in [3.05, 3.63) is 70.5 Å². The van der Waals surface area contributed by atoms with Gasteiger partial charge in [-0.05, 0) is 13.1 Å². The van der Waals surface area contributed by atoms with Crippen molar-refractivity contribution in [2.75, 3.05) is 43.4 Å². The minimum Gasteiger partial charge on any atom is -0.338 e. The average molecular weight is 419 g/mol. The number of nitrogens with one attached hydrogen (secondary N) is 1. The van der Waals surface area contributed by atoms with Gasteiger partial charge in [-0.25, -0.2) is 15.0 Å². The Labute approximate surface area is 178 Å². The predicted octanol–water partition coefficient (Wildman–Crippen LogP) is 2.45. The van der Waals surface area contributed by atoms with Gasteiger partial charge in [-0.2, -0.15) is 0 Å². The highest BCUT2D eigenvalue weighted by Gasteiger charge is 2.21. The molecule has 4 rings (SSSR count). The van der Waals surface area contributed by atoms with Gasteiger partial charge in [0.1, 0.15) is 0 Å². The van der Waals surface area contributed by atoms with Crippen LogP contribution in [-0.2, 0) is 0 Å². The Bertz CT molecular complexity index is 1080. The molecule has 0 radical (unpaired) electrons. The van der Waals surface area contributed by atoms with Crippen LogP contribution in [0.5, 0.6) is 0 Å². The number of pyridine rings is 1. The highest BCUT2D eigenvalue weighted by Crippen LogP contribution is 2.27. The van der Waals surface area contributed by atoms with Gasteiger partial charge in [0.2, 0.25) is 11.8 Å². The van der Waals surface area contributed by atoms with Gasteiger partial charge >= 0.3 is 5.69 Å². The van der Waals surface area contributed by atoms with Crippen LogP contribution in [0, 0.1) is 10.1 Å². The highest BCUT2D eigenvalue weighted by molar-refractivity contribution is 6.04. The van der Waals surface area contributed by atoms with Gasteiger partial charge in [0.05, 0.1) is 16.2 Å². The van der Waals surface area contributed by atoms with Crippen molar-refractivity contribution in [1.82, 2.24) is 19.9 Å². The van der Waals surface area contributed by atoms with E-state index in [1.165, 1.54) is 18.5 Å². The highest BCUT2D eigenvalue weighted by atomic mass is 16.6. The molecule has 0 unspecified atom stereocenters.